The molecule has 0 aliphatic rings. The van der Waals surface area contributed by atoms with Crippen molar-refractivity contribution in [3.05, 3.63) is 35.8 Å². The number of benzene rings is 1. The van der Waals surface area contributed by atoms with Gasteiger partial charge < -0.3 is 0 Å². The van der Waals surface area contributed by atoms with Crippen LogP contribution in [0.4, 0.5) is 13.2 Å². The van der Waals surface area contributed by atoms with Gasteiger partial charge in [-0.15, -0.1) is 0 Å². The highest BCUT2D eigenvalue weighted by molar-refractivity contribution is 5.93. The summed E-state index contributed by atoms with van der Waals surface area (Å²) >= 11 is 0. The molecule has 0 saturated heterocycles. The zero-order valence-electron chi connectivity index (χ0n) is 8.75. The Bertz CT molecular complexity index is 593. The van der Waals surface area contributed by atoms with Crippen molar-refractivity contribution in [3.8, 4) is 0 Å². The molecule has 3 nitrogen and oxygen atoms in total. The molecule has 0 aliphatic carbocycles. The van der Waals surface area contributed by atoms with Crippen LogP contribution in [0.15, 0.2) is 24.4 Å². The van der Waals surface area contributed by atoms with E-state index in [1.807, 2.05) is 0 Å². The number of fused-ring (bicyclic) bond motifs is 1. The summed E-state index contributed by atoms with van der Waals surface area (Å²) in [5.41, 5.74) is -1.11. The summed E-state index contributed by atoms with van der Waals surface area (Å²) in [6, 6.07) is 3.68. The third-order valence-electron chi connectivity index (χ3n) is 2.23. The maximum absolute atomic E-state index is 12.7. The number of ketones is 1. The summed E-state index contributed by atoms with van der Waals surface area (Å²) in [5.74, 6) is -0.682. The van der Waals surface area contributed by atoms with Gasteiger partial charge in [0, 0.05) is 18.5 Å². The molecule has 1 aromatic heterocycles. The maximum atomic E-state index is 12.7. The fourth-order valence-corrected chi connectivity index (χ4v) is 1.45. The Hall–Kier alpha value is -1.98. The Morgan fingerprint density at radius 3 is 2.59 bits per heavy atom. The number of hydrogen-bond acceptors (Lipinski definition) is 3. The van der Waals surface area contributed by atoms with Gasteiger partial charge in [0.05, 0.1) is 11.1 Å². The molecule has 0 atom stereocenters. The summed E-state index contributed by atoms with van der Waals surface area (Å²) in [7, 11) is 0. The van der Waals surface area contributed by atoms with E-state index in [4.69, 9.17) is 0 Å². The smallest absolute Gasteiger partial charge is 0.291 e. The lowest BCUT2D eigenvalue weighted by Crippen LogP contribution is -2.09. The number of Topliss-reactive ketones (excluding diaryl/α,β-unsaturated/α-hetero) is 1. The molecule has 0 fully saturated rings. The topological polar surface area (TPSA) is 42.9 Å². The van der Waals surface area contributed by atoms with Gasteiger partial charge in [-0.2, -0.15) is 13.2 Å². The number of halogens is 3. The van der Waals surface area contributed by atoms with Gasteiger partial charge in [-0.1, -0.05) is 12.1 Å². The van der Waals surface area contributed by atoms with Gasteiger partial charge in [0.25, 0.3) is 0 Å². The Kier molecular flexibility index (Phi) is 2.57. The van der Waals surface area contributed by atoms with Crippen LogP contribution in [0.1, 0.15) is 23.1 Å². The summed E-state index contributed by atoms with van der Waals surface area (Å²) < 4.78 is 38.1. The van der Waals surface area contributed by atoms with Crippen LogP contribution in [0.25, 0.3) is 10.9 Å². The number of rotatable bonds is 1. The third kappa shape index (κ3) is 2.11. The number of alkyl halides is 3. The Morgan fingerprint density at radius 1 is 1.29 bits per heavy atom. The zero-order chi connectivity index (χ0) is 12.6. The zero-order valence-corrected chi connectivity index (χ0v) is 8.75. The molecular formula is C11H7F3N2O. The predicted molar refractivity (Wildman–Crippen MR) is 54.5 cm³/mol. The highest BCUT2D eigenvalue weighted by atomic mass is 19.4. The second kappa shape index (κ2) is 3.80. The van der Waals surface area contributed by atoms with Gasteiger partial charge in [0.15, 0.2) is 11.6 Å². The number of hydrogen-bond donors (Lipinski definition) is 0. The molecule has 0 bridgehead atoms. The number of para-hydroxylation sites is 1. The van der Waals surface area contributed by atoms with Crippen LogP contribution in [0, 0.1) is 0 Å². The highest BCUT2D eigenvalue weighted by Gasteiger charge is 2.33. The first-order valence-corrected chi connectivity index (χ1v) is 4.73. The average Bonchev–Trinajstić information content (AvgIpc) is 2.26. The van der Waals surface area contributed by atoms with Gasteiger partial charge in [-0.25, -0.2) is 9.97 Å². The van der Waals surface area contributed by atoms with Crippen molar-refractivity contribution >= 4 is 16.7 Å². The molecule has 1 aromatic carbocycles. The molecule has 0 amide bonds. The van der Waals surface area contributed by atoms with E-state index in [0.29, 0.717) is 0 Å². The Balaban J connectivity index is 2.77. The van der Waals surface area contributed by atoms with Crippen LogP contribution in [-0.2, 0) is 6.18 Å². The maximum Gasteiger partial charge on any atom is 0.418 e. The normalized spacial score (nSPS) is 11.8. The Morgan fingerprint density at radius 2 is 2.00 bits per heavy atom. The van der Waals surface area contributed by atoms with E-state index in [1.165, 1.54) is 25.3 Å². The van der Waals surface area contributed by atoms with E-state index in [1.54, 1.807) is 0 Å². The van der Waals surface area contributed by atoms with E-state index in [2.05, 4.69) is 9.97 Å². The minimum atomic E-state index is -4.50. The van der Waals surface area contributed by atoms with Crippen LogP contribution in [0.2, 0.25) is 0 Å². The van der Waals surface area contributed by atoms with Crippen molar-refractivity contribution in [2.45, 2.75) is 13.1 Å². The largest absolute Gasteiger partial charge is 0.418 e. The monoisotopic (exact) mass is 240 g/mol. The SMILES string of the molecule is CC(=O)c1ncc2cccc(C(F)(F)F)c2n1. The summed E-state index contributed by atoms with van der Waals surface area (Å²) in [4.78, 5) is 18.4. The molecule has 17 heavy (non-hydrogen) atoms. The van der Waals surface area contributed by atoms with Crippen molar-refractivity contribution in [2.24, 2.45) is 0 Å². The standard InChI is InChI=1S/C11H7F3N2O/c1-6(17)10-15-5-7-3-2-4-8(9(7)16-10)11(12,13)14/h2-5H,1H3. The summed E-state index contributed by atoms with van der Waals surface area (Å²) in [6.45, 7) is 1.21. The first kappa shape index (κ1) is 11.5. The number of carbonyl (C=O) groups is 1. The van der Waals surface area contributed by atoms with Crippen molar-refractivity contribution < 1.29 is 18.0 Å². The Labute approximate surface area is 94.3 Å². The van der Waals surface area contributed by atoms with Crippen LogP contribution in [0.3, 0.4) is 0 Å². The minimum absolute atomic E-state index is 0.214. The molecule has 2 aromatic rings. The lowest BCUT2D eigenvalue weighted by atomic mass is 10.1. The molecule has 0 N–H and O–H groups in total. The lowest BCUT2D eigenvalue weighted by Gasteiger charge is -2.09. The first-order chi connectivity index (χ1) is 7.89. The fraction of sp³-hybridized carbons (Fsp3) is 0.182. The molecule has 1 heterocycles. The quantitative estimate of drug-likeness (QED) is 0.720. The number of carbonyl (C=O) groups excluding carboxylic acids is 1. The molecule has 0 saturated carbocycles. The third-order valence-corrected chi connectivity index (χ3v) is 2.23. The molecule has 0 unspecified atom stereocenters. The van der Waals surface area contributed by atoms with E-state index in [9.17, 15) is 18.0 Å². The van der Waals surface area contributed by atoms with Gasteiger partial charge in [0.2, 0.25) is 0 Å². The molecule has 2 rings (SSSR count). The molecule has 0 spiro atoms. The predicted octanol–water partition coefficient (Wildman–Crippen LogP) is 2.85. The van der Waals surface area contributed by atoms with Crippen LogP contribution < -0.4 is 0 Å². The van der Waals surface area contributed by atoms with Crippen molar-refractivity contribution in [1.29, 1.82) is 0 Å². The van der Waals surface area contributed by atoms with E-state index < -0.39 is 17.5 Å². The van der Waals surface area contributed by atoms with Crippen LogP contribution in [0.5, 0.6) is 0 Å². The minimum Gasteiger partial charge on any atom is -0.291 e. The lowest BCUT2D eigenvalue weighted by molar-refractivity contribution is -0.136. The second-order valence-corrected chi connectivity index (χ2v) is 3.49. The van der Waals surface area contributed by atoms with Crippen molar-refractivity contribution in [1.82, 2.24) is 9.97 Å². The van der Waals surface area contributed by atoms with Gasteiger partial charge in [-0.3, -0.25) is 4.79 Å². The molecule has 88 valence electrons. The number of nitrogens with zero attached hydrogens (tertiary/aromatic N) is 2. The van der Waals surface area contributed by atoms with Crippen LogP contribution >= 0.6 is 0 Å². The second-order valence-electron chi connectivity index (χ2n) is 3.49. The van der Waals surface area contributed by atoms with Crippen LogP contribution in [-0.4, -0.2) is 15.8 Å². The molecule has 6 heteroatoms. The molecule has 0 aliphatic heterocycles. The van der Waals surface area contributed by atoms with E-state index in [0.717, 1.165) is 6.07 Å². The van der Waals surface area contributed by atoms with Crippen molar-refractivity contribution in [2.75, 3.05) is 0 Å². The number of aromatic nitrogens is 2. The van der Waals surface area contributed by atoms with E-state index >= 15 is 0 Å². The first-order valence-electron chi connectivity index (χ1n) is 4.73. The molecular weight excluding hydrogens is 233 g/mol. The van der Waals surface area contributed by atoms with E-state index in [-0.39, 0.29) is 16.7 Å². The highest BCUT2D eigenvalue weighted by Crippen LogP contribution is 2.33. The van der Waals surface area contributed by atoms with Crippen molar-refractivity contribution in [3.63, 3.8) is 0 Å². The summed E-state index contributed by atoms with van der Waals surface area (Å²) in [6.07, 6.45) is -3.28. The van der Waals surface area contributed by atoms with Gasteiger partial charge in [-0.05, 0) is 6.07 Å². The molecule has 0 radical (unpaired) electrons. The average molecular weight is 240 g/mol. The van der Waals surface area contributed by atoms with Gasteiger partial charge in [0.1, 0.15) is 0 Å². The fourth-order valence-electron chi connectivity index (χ4n) is 1.45. The van der Waals surface area contributed by atoms with Gasteiger partial charge >= 0.3 is 6.18 Å². The summed E-state index contributed by atoms with van der Waals surface area (Å²) in [5, 5.41) is 0.254.